The Hall–Kier alpha value is -0.580. The fourth-order valence-corrected chi connectivity index (χ4v) is 2.66. The zero-order chi connectivity index (χ0) is 13.5. The maximum absolute atomic E-state index is 5.97. The highest BCUT2D eigenvalue weighted by atomic mass is 79.9. The van der Waals surface area contributed by atoms with Gasteiger partial charge in [0.05, 0.1) is 11.1 Å². The summed E-state index contributed by atoms with van der Waals surface area (Å²) < 4.78 is 12.4. The molecule has 0 aliphatic carbocycles. The molecule has 1 N–H and O–H groups in total. The van der Waals surface area contributed by atoms with Crippen molar-refractivity contribution in [1.29, 1.82) is 0 Å². The first kappa shape index (κ1) is 14.8. The zero-order valence-electron chi connectivity index (χ0n) is 11.5. The minimum atomic E-state index is 0.189. The molecule has 1 aromatic rings. The zero-order valence-corrected chi connectivity index (χ0v) is 13.0. The first-order chi connectivity index (χ1) is 9.29. The van der Waals surface area contributed by atoms with E-state index in [1.807, 2.05) is 6.07 Å². The van der Waals surface area contributed by atoms with Crippen molar-refractivity contribution in [1.82, 2.24) is 5.32 Å². The predicted octanol–water partition coefficient (Wildman–Crippen LogP) is 3.51. The van der Waals surface area contributed by atoms with Gasteiger partial charge in [-0.3, -0.25) is 0 Å². The highest BCUT2D eigenvalue weighted by Gasteiger charge is 2.16. The van der Waals surface area contributed by atoms with Crippen LogP contribution in [-0.2, 0) is 11.3 Å². The van der Waals surface area contributed by atoms with Crippen LogP contribution in [0.4, 0.5) is 0 Å². The van der Waals surface area contributed by atoms with Crippen molar-refractivity contribution in [3.63, 3.8) is 0 Å². The monoisotopic (exact) mass is 327 g/mol. The molecule has 0 bridgehead atoms. The molecule has 106 valence electrons. The van der Waals surface area contributed by atoms with Gasteiger partial charge in [-0.1, -0.05) is 13.0 Å². The highest BCUT2D eigenvalue weighted by molar-refractivity contribution is 9.10. The summed E-state index contributed by atoms with van der Waals surface area (Å²) in [5, 5.41) is 3.40. The molecule has 1 fully saturated rings. The standard InChI is InChI=1S/C15H22BrNO2/c1-2-7-17-10-12-5-6-15(14(16)9-12)19-13-4-3-8-18-11-13/h5-6,9,13,17H,2-4,7-8,10-11H2,1H3. The SMILES string of the molecule is CCCNCc1ccc(OC2CCCOC2)c(Br)c1. The van der Waals surface area contributed by atoms with Crippen LogP contribution < -0.4 is 10.1 Å². The smallest absolute Gasteiger partial charge is 0.134 e. The molecule has 3 nitrogen and oxygen atoms in total. The Balaban J connectivity index is 1.90. The number of halogens is 1. The Morgan fingerprint density at radius 1 is 1.47 bits per heavy atom. The summed E-state index contributed by atoms with van der Waals surface area (Å²) in [5.41, 5.74) is 1.27. The van der Waals surface area contributed by atoms with Gasteiger partial charge in [0.25, 0.3) is 0 Å². The van der Waals surface area contributed by atoms with Crippen LogP contribution in [0.5, 0.6) is 5.75 Å². The van der Waals surface area contributed by atoms with E-state index in [0.29, 0.717) is 6.61 Å². The van der Waals surface area contributed by atoms with E-state index >= 15 is 0 Å². The third-order valence-electron chi connectivity index (χ3n) is 3.16. The summed E-state index contributed by atoms with van der Waals surface area (Å²) in [7, 11) is 0. The van der Waals surface area contributed by atoms with Crippen LogP contribution >= 0.6 is 15.9 Å². The second kappa shape index (κ2) is 7.88. The summed E-state index contributed by atoms with van der Waals surface area (Å²) in [5.74, 6) is 0.912. The second-order valence-electron chi connectivity index (χ2n) is 4.90. The topological polar surface area (TPSA) is 30.5 Å². The Labute approximate surface area is 123 Å². The third kappa shape index (κ3) is 4.79. The number of nitrogens with one attached hydrogen (secondary N) is 1. The molecule has 0 aromatic heterocycles. The summed E-state index contributed by atoms with van der Waals surface area (Å²) in [6, 6.07) is 6.29. The Bertz CT molecular complexity index is 392. The molecular formula is C15H22BrNO2. The molecule has 4 heteroatoms. The number of benzene rings is 1. The molecule has 0 spiro atoms. The van der Waals surface area contributed by atoms with Gasteiger partial charge < -0.3 is 14.8 Å². The number of hydrogen-bond donors (Lipinski definition) is 1. The first-order valence-corrected chi connectivity index (χ1v) is 7.82. The lowest BCUT2D eigenvalue weighted by atomic mass is 10.1. The minimum Gasteiger partial charge on any atom is -0.487 e. The van der Waals surface area contributed by atoms with Crippen LogP contribution in [0.2, 0.25) is 0 Å². The van der Waals surface area contributed by atoms with Gasteiger partial charge in [0, 0.05) is 13.2 Å². The van der Waals surface area contributed by atoms with E-state index in [9.17, 15) is 0 Å². The van der Waals surface area contributed by atoms with Gasteiger partial charge in [-0.15, -0.1) is 0 Å². The number of ether oxygens (including phenoxy) is 2. The third-order valence-corrected chi connectivity index (χ3v) is 3.78. The van der Waals surface area contributed by atoms with Crippen LogP contribution in [0.1, 0.15) is 31.7 Å². The minimum absolute atomic E-state index is 0.189. The lowest BCUT2D eigenvalue weighted by molar-refractivity contribution is 0.00711. The van der Waals surface area contributed by atoms with Crippen molar-refractivity contribution in [2.24, 2.45) is 0 Å². The Kier molecular flexibility index (Phi) is 6.14. The quantitative estimate of drug-likeness (QED) is 0.811. The molecular weight excluding hydrogens is 306 g/mol. The van der Waals surface area contributed by atoms with Gasteiger partial charge in [-0.05, 0) is 59.4 Å². The van der Waals surface area contributed by atoms with Crippen LogP contribution in [-0.4, -0.2) is 25.9 Å². The Morgan fingerprint density at radius 2 is 2.37 bits per heavy atom. The molecule has 1 saturated heterocycles. The molecule has 1 unspecified atom stereocenters. The number of hydrogen-bond acceptors (Lipinski definition) is 3. The average Bonchev–Trinajstić information content (AvgIpc) is 2.43. The molecule has 1 atom stereocenters. The largest absolute Gasteiger partial charge is 0.487 e. The molecule has 1 aliphatic heterocycles. The van der Waals surface area contributed by atoms with Crippen molar-refractivity contribution in [3.05, 3.63) is 28.2 Å². The average molecular weight is 328 g/mol. The normalized spacial score (nSPS) is 19.4. The van der Waals surface area contributed by atoms with E-state index in [1.165, 1.54) is 5.56 Å². The lowest BCUT2D eigenvalue weighted by Crippen LogP contribution is -2.28. The number of rotatable bonds is 6. The van der Waals surface area contributed by atoms with Crippen molar-refractivity contribution in [3.8, 4) is 5.75 Å². The van der Waals surface area contributed by atoms with E-state index < -0.39 is 0 Å². The van der Waals surface area contributed by atoms with E-state index in [2.05, 4.69) is 40.3 Å². The molecule has 1 heterocycles. The van der Waals surface area contributed by atoms with E-state index in [-0.39, 0.29) is 6.10 Å². The van der Waals surface area contributed by atoms with Crippen molar-refractivity contribution >= 4 is 15.9 Å². The van der Waals surface area contributed by atoms with Gasteiger partial charge in [0.1, 0.15) is 11.9 Å². The van der Waals surface area contributed by atoms with E-state index in [4.69, 9.17) is 9.47 Å². The molecule has 19 heavy (non-hydrogen) atoms. The van der Waals surface area contributed by atoms with E-state index in [0.717, 1.165) is 49.2 Å². The summed E-state index contributed by atoms with van der Waals surface area (Å²) in [6.45, 7) is 5.69. The van der Waals surface area contributed by atoms with Gasteiger partial charge >= 0.3 is 0 Å². The predicted molar refractivity (Wildman–Crippen MR) is 80.6 cm³/mol. The molecule has 1 aliphatic rings. The maximum Gasteiger partial charge on any atom is 0.134 e. The molecule has 0 radical (unpaired) electrons. The fourth-order valence-electron chi connectivity index (χ4n) is 2.14. The molecule has 0 saturated carbocycles. The van der Waals surface area contributed by atoms with Crippen molar-refractivity contribution in [2.75, 3.05) is 19.8 Å². The lowest BCUT2D eigenvalue weighted by Gasteiger charge is -2.24. The van der Waals surface area contributed by atoms with Gasteiger partial charge in [-0.2, -0.15) is 0 Å². The Morgan fingerprint density at radius 3 is 3.05 bits per heavy atom. The summed E-state index contributed by atoms with van der Waals surface area (Å²) in [4.78, 5) is 0. The van der Waals surface area contributed by atoms with E-state index in [1.54, 1.807) is 0 Å². The first-order valence-electron chi connectivity index (χ1n) is 7.03. The van der Waals surface area contributed by atoms with Crippen molar-refractivity contribution in [2.45, 2.75) is 38.8 Å². The maximum atomic E-state index is 5.97. The molecule has 1 aromatic carbocycles. The fraction of sp³-hybridized carbons (Fsp3) is 0.600. The molecule has 2 rings (SSSR count). The highest BCUT2D eigenvalue weighted by Crippen LogP contribution is 2.28. The van der Waals surface area contributed by atoms with Crippen LogP contribution in [0.25, 0.3) is 0 Å². The van der Waals surface area contributed by atoms with Gasteiger partial charge in [0.15, 0.2) is 0 Å². The van der Waals surface area contributed by atoms with Crippen molar-refractivity contribution < 1.29 is 9.47 Å². The van der Waals surface area contributed by atoms with Crippen LogP contribution in [0.3, 0.4) is 0 Å². The summed E-state index contributed by atoms with van der Waals surface area (Å²) in [6.07, 6.45) is 3.51. The van der Waals surface area contributed by atoms with Gasteiger partial charge in [0.2, 0.25) is 0 Å². The molecule has 0 amide bonds. The van der Waals surface area contributed by atoms with Crippen LogP contribution in [0, 0.1) is 0 Å². The van der Waals surface area contributed by atoms with Gasteiger partial charge in [-0.25, -0.2) is 0 Å². The van der Waals surface area contributed by atoms with Crippen LogP contribution in [0.15, 0.2) is 22.7 Å². The second-order valence-corrected chi connectivity index (χ2v) is 5.75. The summed E-state index contributed by atoms with van der Waals surface area (Å²) >= 11 is 3.59.